The van der Waals surface area contributed by atoms with Crippen LogP contribution in [0.5, 0.6) is 17.2 Å². The average Bonchev–Trinajstić information content (AvgIpc) is 3.25. The summed E-state index contributed by atoms with van der Waals surface area (Å²) in [6.45, 7) is 2.63. The first kappa shape index (κ1) is 52.5. The molecule has 9 nitrogen and oxygen atoms in total. The molecular weight excluding hydrogens is 786 g/mol. The maximum Gasteiger partial charge on any atom is 0.118 e. The van der Waals surface area contributed by atoms with Crippen molar-refractivity contribution < 1.29 is 29.5 Å². The van der Waals surface area contributed by atoms with Gasteiger partial charge in [0.1, 0.15) is 17.2 Å². The van der Waals surface area contributed by atoms with Crippen molar-refractivity contribution in [3.63, 3.8) is 0 Å². The fraction of sp³-hybridized carbons (Fsp3) is 0.647. The van der Waals surface area contributed by atoms with Gasteiger partial charge in [-0.2, -0.15) is 0 Å². The summed E-state index contributed by atoms with van der Waals surface area (Å²) in [7, 11) is 17.5. The molecular formula is C51H82ClN3O6. The number of rotatable bonds is 15. The zero-order valence-electron chi connectivity index (χ0n) is 39.2. The van der Waals surface area contributed by atoms with Gasteiger partial charge >= 0.3 is 0 Å². The lowest BCUT2D eigenvalue weighted by atomic mass is 9.72. The molecule has 61 heavy (non-hydrogen) atoms. The number of hydrogen-bond acceptors (Lipinski definition) is 9. The van der Waals surface area contributed by atoms with E-state index in [-0.39, 0.29) is 30.2 Å². The molecule has 3 aromatic rings. The number of halogens is 1. The number of ether oxygens (including phenoxy) is 3. The summed E-state index contributed by atoms with van der Waals surface area (Å²) in [4.78, 5) is 6.50. The molecule has 0 radical (unpaired) electrons. The highest BCUT2D eigenvalue weighted by Crippen LogP contribution is 2.43. The van der Waals surface area contributed by atoms with Gasteiger partial charge in [0, 0.05) is 37.4 Å². The smallest absolute Gasteiger partial charge is 0.118 e. The van der Waals surface area contributed by atoms with Crippen molar-refractivity contribution in [3.8, 4) is 17.2 Å². The summed E-state index contributed by atoms with van der Waals surface area (Å²) in [5.41, 5.74) is 1.96. The summed E-state index contributed by atoms with van der Waals surface area (Å²) < 4.78 is 15.7. The first-order chi connectivity index (χ1) is 28.6. The average molecular weight is 869 g/mol. The molecule has 0 saturated heterocycles. The van der Waals surface area contributed by atoms with Crippen molar-refractivity contribution in [3.05, 3.63) is 89.5 Å². The van der Waals surface area contributed by atoms with Gasteiger partial charge < -0.3 is 44.2 Å². The highest BCUT2D eigenvalue weighted by molar-refractivity contribution is 5.85. The lowest BCUT2D eigenvalue weighted by Crippen LogP contribution is -2.42. The van der Waals surface area contributed by atoms with Crippen molar-refractivity contribution >= 4 is 12.4 Å². The van der Waals surface area contributed by atoms with Crippen LogP contribution in [0.3, 0.4) is 0 Å². The molecule has 0 amide bonds. The zero-order chi connectivity index (χ0) is 43.8. The summed E-state index contributed by atoms with van der Waals surface area (Å²) >= 11 is 0. The van der Waals surface area contributed by atoms with E-state index in [1.54, 1.807) is 21.3 Å². The molecule has 3 atom stereocenters. The largest absolute Gasteiger partial charge is 0.497 e. The first-order valence-electron chi connectivity index (χ1n) is 22.7. The molecule has 3 saturated carbocycles. The Bertz CT molecular complexity index is 1420. The van der Waals surface area contributed by atoms with E-state index >= 15 is 0 Å². The van der Waals surface area contributed by atoms with Crippen molar-refractivity contribution in [1.82, 2.24) is 14.7 Å². The van der Waals surface area contributed by atoms with E-state index in [1.165, 1.54) is 36.0 Å². The molecule has 3 fully saturated rings. The zero-order valence-corrected chi connectivity index (χ0v) is 40.0. The molecule has 10 heteroatoms. The molecule has 0 aromatic heterocycles. The quantitative estimate of drug-likeness (QED) is 0.138. The third kappa shape index (κ3) is 15.7. The Morgan fingerprint density at radius 1 is 0.393 bits per heavy atom. The Hall–Kier alpha value is -2.89. The number of aliphatic hydroxyl groups is 3. The fourth-order valence-corrected chi connectivity index (χ4v) is 9.90. The van der Waals surface area contributed by atoms with Crippen molar-refractivity contribution in [2.24, 2.45) is 0 Å². The predicted molar refractivity (Wildman–Crippen MR) is 254 cm³/mol. The number of methoxy groups -OCH3 is 3. The van der Waals surface area contributed by atoms with Crippen LogP contribution >= 0.6 is 12.4 Å². The maximum atomic E-state index is 11.1. The van der Waals surface area contributed by atoms with Gasteiger partial charge in [-0.15, -0.1) is 12.4 Å². The van der Waals surface area contributed by atoms with E-state index in [0.29, 0.717) is 0 Å². The second-order valence-corrected chi connectivity index (χ2v) is 18.8. The summed E-state index contributed by atoms with van der Waals surface area (Å²) in [5, 5.41) is 33.3. The van der Waals surface area contributed by atoms with Gasteiger partial charge in [0.15, 0.2) is 0 Å². The van der Waals surface area contributed by atoms with Crippen LogP contribution < -0.4 is 14.2 Å². The maximum absolute atomic E-state index is 11.1. The summed E-state index contributed by atoms with van der Waals surface area (Å²) in [6.07, 6.45) is 16.0. The van der Waals surface area contributed by atoms with Crippen molar-refractivity contribution in [2.45, 2.75) is 131 Å². The van der Waals surface area contributed by atoms with Crippen LogP contribution in [0, 0.1) is 0 Å². The predicted octanol–water partition coefficient (Wildman–Crippen LogP) is 9.53. The second-order valence-electron chi connectivity index (χ2n) is 18.8. The van der Waals surface area contributed by atoms with E-state index in [4.69, 9.17) is 14.2 Å². The van der Waals surface area contributed by atoms with E-state index in [0.717, 1.165) is 114 Å². The van der Waals surface area contributed by atoms with Crippen molar-refractivity contribution in [1.29, 1.82) is 0 Å². The van der Waals surface area contributed by atoms with E-state index in [9.17, 15) is 15.3 Å². The molecule has 6 rings (SSSR count). The van der Waals surface area contributed by atoms with Gasteiger partial charge in [0.25, 0.3) is 0 Å². The lowest BCUT2D eigenvalue weighted by molar-refractivity contribution is -0.0280. The fourth-order valence-electron chi connectivity index (χ4n) is 9.90. The van der Waals surface area contributed by atoms with Gasteiger partial charge in [0.2, 0.25) is 0 Å². The number of hydrogen-bond donors (Lipinski definition) is 3. The molecule has 3 aliphatic rings. The van der Waals surface area contributed by atoms with Crippen LogP contribution in [0.1, 0.15) is 131 Å². The molecule has 344 valence electrons. The van der Waals surface area contributed by atoms with Crippen LogP contribution in [-0.2, 0) is 0 Å². The van der Waals surface area contributed by atoms with Gasteiger partial charge in [-0.1, -0.05) is 94.2 Å². The molecule has 3 aliphatic carbocycles. The molecule has 3 aromatic carbocycles. The lowest BCUT2D eigenvalue weighted by Gasteiger charge is -2.40. The normalized spacial score (nSPS) is 19.5. The highest BCUT2D eigenvalue weighted by Gasteiger charge is 2.41. The van der Waals surface area contributed by atoms with Gasteiger partial charge in [-0.25, -0.2) is 0 Å². The Labute approximate surface area is 376 Å². The molecule has 0 spiro atoms. The Kier molecular flexibility index (Phi) is 21.9. The first-order valence-corrected chi connectivity index (χ1v) is 22.7. The van der Waals surface area contributed by atoms with E-state index in [1.807, 2.05) is 36.4 Å². The topological polar surface area (TPSA) is 98.1 Å². The van der Waals surface area contributed by atoms with Crippen molar-refractivity contribution in [2.75, 3.05) is 83.2 Å². The van der Waals surface area contributed by atoms with Crippen LogP contribution in [0.4, 0.5) is 0 Å². The third-order valence-corrected chi connectivity index (χ3v) is 13.3. The van der Waals surface area contributed by atoms with Gasteiger partial charge in [0.05, 0.1) is 38.1 Å². The van der Waals surface area contributed by atoms with Crippen LogP contribution in [0.25, 0.3) is 0 Å². The van der Waals surface area contributed by atoms with E-state index in [2.05, 4.69) is 93.4 Å². The molecule has 0 aliphatic heterocycles. The Balaban J connectivity index is 0.000000242. The molecule has 3 N–H and O–H groups in total. The second kappa shape index (κ2) is 25.4. The van der Waals surface area contributed by atoms with Crippen LogP contribution in [-0.4, -0.2) is 130 Å². The minimum atomic E-state index is -0.558. The summed E-state index contributed by atoms with van der Waals surface area (Å²) in [5.74, 6) is 3.12. The Morgan fingerprint density at radius 3 is 0.754 bits per heavy atom. The van der Waals surface area contributed by atoms with Gasteiger partial charge in [-0.05, 0) is 134 Å². The highest BCUT2D eigenvalue weighted by atomic mass is 35.5. The number of nitrogens with zero attached hydrogens (tertiary/aromatic N) is 3. The van der Waals surface area contributed by atoms with E-state index < -0.39 is 16.8 Å². The number of likely N-dealkylation sites (N-methyl/N-ethyl adjacent to an activating group) is 3. The number of benzene rings is 3. The van der Waals surface area contributed by atoms with Crippen LogP contribution in [0.15, 0.2) is 72.8 Å². The minimum absolute atomic E-state index is 0. The summed E-state index contributed by atoms with van der Waals surface area (Å²) in [6, 6.07) is 24.5. The minimum Gasteiger partial charge on any atom is -0.497 e. The van der Waals surface area contributed by atoms with Gasteiger partial charge in [-0.3, -0.25) is 0 Å². The molecule has 0 bridgehead atoms. The SMILES string of the molecule is COc1ccc(C(CN(C)C)C2(O)CCCCC2)cc1.COc1ccc([C@H](CN(C)C)C2(O)CCCCC2)cc1.COc1ccc([C@H](CN(C)C)C2(O)CCCCC2)cc1.Cl. The molecule has 0 heterocycles. The van der Waals surface area contributed by atoms with Crippen LogP contribution in [0.2, 0.25) is 0 Å². The monoisotopic (exact) mass is 868 g/mol. The standard InChI is InChI=1S/3C17H27NO2.ClH/c3*1-18(2)13-16(17(19)11-5-4-6-12-17)14-7-9-15(20-3)10-8-14;/h3*7-10,16,19H,4-6,11-13H2,1-3H3;1H/t2*16-;;/m00../s1. The Morgan fingerprint density at radius 2 is 0.590 bits per heavy atom. The third-order valence-electron chi connectivity index (χ3n) is 13.3. The molecule has 1 unspecified atom stereocenters.